The van der Waals surface area contributed by atoms with Gasteiger partial charge in [-0.25, -0.2) is 4.79 Å². The summed E-state index contributed by atoms with van der Waals surface area (Å²) in [5, 5.41) is 2.90. The number of nitrogens with one attached hydrogen (secondary N) is 1. The predicted molar refractivity (Wildman–Crippen MR) is 99.1 cm³/mol. The molecule has 1 spiro atoms. The van der Waals surface area contributed by atoms with Crippen molar-refractivity contribution < 1.29 is 33.3 Å². The maximum absolute atomic E-state index is 13.5. The lowest BCUT2D eigenvalue weighted by Gasteiger charge is -2.42. The zero-order valence-corrected chi connectivity index (χ0v) is 17.0. The summed E-state index contributed by atoms with van der Waals surface area (Å²) in [7, 11) is 4.65. The quantitative estimate of drug-likeness (QED) is 0.724. The highest BCUT2D eigenvalue weighted by Crippen LogP contribution is 2.63. The topological polar surface area (TPSA) is 95.6 Å². The molecule has 0 saturated carbocycles. The van der Waals surface area contributed by atoms with Gasteiger partial charge in [-0.15, -0.1) is 0 Å². The average Bonchev–Trinajstić information content (AvgIpc) is 3.31. The summed E-state index contributed by atoms with van der Waals surface area (Å²) >= 11 is 0. The Labute approximate surface area is 168 Å². The first-order valence-corrected chi connectivity index (χ1v) is 9.54. The third-order valence-electron chi connectivity index (χ3n) is 6.57. The summed E-state index contributed by atoms with van der Waals surface area (Å²) in [6, 6.07) is 5.28. The van der Waals surface area contributed by atoms with Crippen molar-refractivity contribution in [2.24, 2.45) is 5.92 Å². The van der Waals surface area contributed by atoms with Crippen molar-refractivity contribution in [2.75, 3.05) is 33.1 Å². The molecule has 3 saturated heterocycles. The Kier molecular flexibility index (Phi) is 3.69. The van der Waals surface area contributed by atoms with Gasteiger partial charge in [-0.3, -0.25) is 9.69 Å². The van der Waals surface area contributed by atoms with Crippen LogP contribution in [0.3, 0.4) is 0 Å². The highest BCUT2D eigenvalue weighted by Gasteiger charge is 2.82. The van der Waals surface area contributed by atoms with Gasteiger partial charge >= 0.3 is 5.97 Å². The number of fused-ring (bicyclic) bond motifs is 6. The molecule has 0 aliphatic carbocycles. The Morgan fingerprint density at radius 2 is 2.00 bits per heavy atom. The number of anilines is 1. The number of likely N-dealkylation sites (N-methyl/N-ethyl adjacent to an activating group) is 1. The SMILES string of the molecule is COC(=O)[C@@]12O[C@H]3OC(C)(C)O[C@H]3[C@@H]1CN(C)[C@]21C(=O)Nc2ccc(OC)cc21. The number of rotatable bonds is 2. The number of benzene rings is 1. The summed E-state index contributed by atoms with van der Waals surface area (Å²) < 4.78 is 28.9. The van der Waals surface area contributed by atoms with E-state index in [2.05, 4.69) is 5.32 Å². The molecule has 29 heavy (non-hydrogen) atoms. The van der Waals surface area contributed by atoms with Crippen LogP contribution < -0.4 is 10.1 Å². The van der Waals surface area contributed by atoms with E-state index in [1.807, 2.05) is 4.90 Å². The second-order valence-corrected chi connectivity index (χ2v) is 8.38. The number of hydrogen-bond donors (Lipinski definition) is 1. The van der Waals surface area contributed by atoms with E-state index < -0.39 is 41.2 Å². The molecule has 0 unspecified atom stereocenters. The molecule has 9 heteroatoms. The van der Waals surface area contributed by atoms with Crippen LogP contribution in [0.2, 0.25) is 0 Å². The van der Waals surface area contributed by atoms with Crippen molar-refractivity contribution in [1.82, 2.24) is 4.90 Å². The minimum absolute atomic E-state index is 0.351. The molecule has 156 valence electrons. The molecule has 5 atom stereocenters. The molecule has 4 aliphatic heterocycles. The van der Waals surface area contributed by atoms with E-state index in [4.69, 9.17) is 23.7 Å². The normalized spacial score (nSPS) is 39.2. The second kappa shape index (κ2) is 5.69. The lowest BCUT2D eigenvalue weighted by Crippen LogP contribution is -2.64. The molecule has 9 nitrogen and oxygen atoms in total. The molecular weight excluding hydrogens is 380 g/mol. The van der Waals surface area contributed by atoms with Gasteiger partial charge in [-0.05, 0) is 39.1 Å². The number of likely N-dealkylation sites (tertiary alicyclic amines) is 1. The zero-order valence-electron chi connectivity index (χ0n) is 17.0. The van der Waals surface area contributed by atoms with E-state index in [1.165, 1.54) is 7.11 Å². The molecular formula is C20H24N2O7. The minimum atomic E-state index is -1.62. The van der Waals surface area contributed by atoms with Gasteiger partial charge in [-0.2, -0.15) is 0 Å². The van der Waals surface area contributed by atoms with Gasteiger partial charge in [0, 0.05) is 23.7 Å². The molecule has 4 aliphatic rings. The van der Waals surface area contributed by atoms with Gasteiger partial charge in [0.1, 0.15) is 11.9 Å². The average molecular weight is 404 g/mol. The Morgan fingerprint density at radius 3 is 2.69 bits per heavy atom. The van der Waals surface area contributed by atoms with Crippen molar-refractivity contribution >= 4 is 17.6 Å². The zero-order chi connectivity index (χ0) is 20.8. The van der Waals surface area contributed by atoms with Crippen molar-refractivity contribution in [3.8, 4) is 5.75 Å². The maximum Gasteiger partial charge on any atom is 0.341 e. The van der Waals surface area contributed by atoms with Crippen LogP contribution in [0.1, 0.15) is 19.4 Å². The van der Waals surface area contributed by atoms with Crippen molar-refractivity contribution in [3.05, 3.63) is 23.8 Å². The molecule has 0 aromatic heterocycles. The van der Waals surface area contributed by atoms with Gasteiger partial charge in [0.15, 0.2) is 17.6 Å². The fraction of sp³-hybridized carbons (Fsp3) is 0.600. The molecule has 1 aromatic carbocycles. The summed E-state index contributed by atoms with van der Waals surface area (Å²) in [6.45, 7) is 3.98. The highest BCUT2D eigenvalue weighted by atomic mass is 16.8. The van der Waals surface area contributed by atoms with E-state index in [1.54, 1.807) is 46.2 Å². The lowest BCUT2D eigenvalue weighted by molar-refractivity contribution is -0.246. The molecule has 5 rings (SSSR count). The predicted octanol–water partition coefficient (Wildman–Crippen LogP) is 0.824. The van der Waals surface area contributed by atoms with E-state index in [-0.39, 0.29) is 5.91 Å². The first kappa shape index (κ1) is 18.8. The van der Waals surface area contributed by atoms with Crippen LogP contribution in [0.15, 0.2) is 18.2 Å². The molecule has 1 aromatic rings. The number of ether oxygens (including phenoxy) is 5. The Hall–Kier alpha value is -2.20. The fourth-order valence-corrected chi connectivity index (χ4v) is 5.56. The number of methoxy groups -OCH3 is 2. The Morgan fingerprint density at radius 1 is 1.24 bits per heavy atom. The van der Waals surface area contributed by atoms with Crippen molar-refractivity contribution in [2.45, 2.75) is 43.2 Å². The molecule has 4 heterocycles. The van der Waals surface area contributed by atoms with Gasteiger partial charge in [-0.1, -0.05) is 0 Å². The molecule has 3 fully saturated rings. The number of esters is 1. The maximum atomic E-state index is 13.5. The van der Waals surface area contributed by atoms with Crippen molar-refractivity contribution in [1.29, 1.82) is 0 Å². The van der Waals surface area contributed by atoms with Crippen LogP contribution in [-0.2, 0) is 34.1 Å². The van der Waals surface area contributed by atoms with Crippen LogP contribution in [0.5, 0.6) is 5.75 Å². The molecule has 1 amide bonds. The van der Waals surface area contributed by atoms with Crippen LogP contribution in [0, 0.1) is 5.92 Å². The Balaban J connectivity index is 1.74. The smallest absolute Gasteiger partial charge is 0.341 e. The van der Waals surface area contributed by atoms with E-state index in [9.17, 15) is 9.59 Å². The first-order valence-electron chi connectivity index (χ1n) is 9.54. The monoisotopic (exact) mass is 404 g/mol. The number of hydrogen-bond acceptors (Lipinski definition) is 8. The minimum Gasteiger partial charge on any atom is -0.497 e. The Bertz CT molecular complexity index is 918. The summed E-state index contributed by atoms with van der Waals surface area (Å²) in [4.78, 5) is 28.7. The van der Waals surface area contributed by atoms with Gasteiger partial charge in [0.05, 0.1) is 14.2 Å². The number of carbonyl (C=O) groups is 2. The highest BCUT2D eigenvalue weighted by molar-refractivity contribution is 6.11. The van der Waals surface area contributed by atoms with E-state index in [0.29, 0.717) is 23.5 Å². The third kappa shape index (κ3) is 2.03. The van der Waals surface area contributed by atoms with Gasteiger partial charge in [0.2, 0.25) is 5.60 Å². The molecule has 0 bridgehead atoms. The van der Waals surface area contributed by atoms with Gasteiger partial charge < -0.3 is 29.0 Å². The van der Waals surface area contributed by atoms with Crippen LogP contribution in [0.25, 0.3) is 0 Å². The van der Waals surface area contributed by atoms with Crippen LogP contribution in [0.4, 0.5) is 5.69 Å². The third-order valence-corrected chi connectivity index (χ3v) is 6.57. The van der Waals surface area contributed by atoms with Crippen LogP contribution >= 0.6 is 0 Å². The fourth-order valence-electron chi connectivity index (χ4n) is 5.56. The number of nitrogens with zero attached hydrogens (tertiary/aromatic N) is 1. The van der Waals surface area contributed by atoms with Crippen LogP contribution in [-0.4, -0.2) is 68.4 Å². The lowest BCUT2D eigenvalue weighted by atomic mass is 9.71. The van der Waals surface area contributed by atoms with E-state index >= 15 is 0 Å². The molecule has 1 N–H and O–H groups in total. The van der Waals surface area contributed by atoms with Gasteiger partial charge in [0.25, 0.3) is 5.91 Å². The summed E-state index contributed by atoms with van der Waals surface area (Å²) in [6.07, 6.45) is -1.28. The molecule has 0 radical (unpaired) electrons. The van der Waals surface area contributed by atoms with E-state index in [0.717, 1.165) is 0 Å². The standard InChI is InChI=1S/C20H24N2O7/c1-18(2)27-14-12-9-22(3)19(20(12,17(24)26-5)29-15(14)28-18)11-8-10(25-4)6-7-13(11)21-16(19)23/h6-8,12,14-15H,9H2,1-5H3,(H,21,23)/t12-,14-,15+,19+,20-/m0/s1. The number of carbonyl (C=O) groups excluding carboxylic acids is 2. The second-order valence-electron chi connectivity index (χ2n) is 8.38. The summed E-state index contributed by atoms with van der Waals surface area (Å²) in [5.74, 6) is -1.71. The first-order chi connectivity index (χ1) is 13.7. The number of amides is 1. The summed E-state index contributed by atoms with van der Waals surface area (Å²) in [5.41, 5.74) is -1.84. The largest absolute Gasteiger partial charge is 0.497 e. The van der Waals surface area contributed by atoms with Crippen molar-refractivity contribution in [3.63, 3.8) is 0 Å².